The molecule has 0 saturated carbocycles. The quantitative estimate of drug-likeness (QED) is 0.840. The van der Waals surface area contributed by atoms with E-state index >= 15 is 0 Å². The number of hydrogen-bond donors (Lipinski definition) is 1. The van der Waals surface area contributed by atoms with E-state index in [-0.39, 0.29) is 18.0 Å². The third kappa shape index (κ3) is 3.13. The van der Waals surface area contributed by atoms with Crippen molar-refractivity contribution in [1.29, 1.82) is 0 Å². The highest BCUT2D eigenvalue weighted by atomic mass is 32.2. The molecule has 17 heavy (non-hydrogen) atoms. The molecule has 0 bridgehead atoms. The van der Waals surface area contributed by atoms with Gasteiger partial charge >= 0.3 is 0 Å². The molecular formula is C13H18FNOS. The summed E-state index contributed by atoms with van der Waals surface area (Å²) in [6, 6.07) is 4.58. The topological polar surface area (TPSA) is 35.2 Å². The zero-order chi connectivity index (χ0) is 12.3. The van der Waals surface area contributed by atoms with Crippen molar-refractivity contribution in [1.82, 2.24) is 0 Å². The van der Waals surface area contributed by atoms with Crippen LogP contribution < -0.4 is 10.5 Å². The van der Waals surface area contributed by atoms with Gasteiger partial charge in [0.25, 0.3) is 0 Å². The molecule has 0 radical (unpaired) electrons. The number of halogens is 1. The van der Waals surface area contributed by atoms with Crippen molar-refractivity contribution in [3.63, 3.8) is 0 Å². The summed E-state index contributed by atoms with van der Waals surface area (Å²) in [5, 5.41) is 0. The number of fused-ring (bicyclic) bond motifs is 1. The summed E-state index contributed by atoms with van der Waals surface area (Å²) in [4.78, 5) is 0. The summed E-state index contributed by atoms with van der Waals surface area (Å²) < 4.78 is 18.9. The summed E-state index contributed by atoms with van der Waals surface area (Å²) in [5.41, 5.74) is 7.00. The molecule has 0 spiro atoms. The van der Waals surface area contributed by atoms with Gasteiger partial charge in [-0.15, -0.1) is 0 Å². The number of hydrogen-bond acceptors (Lipinski definition) is 3. The Morgan fingerprint density at radius 2 is 2.35 bits per heavy atom. The van der Waals surface area contributed by atoms with Crippen molar-refractivity contribution < 1.29 is 9.13 Å². The van der Waals surface area contributed by atoms with Crippen LogP contribution in [-0.4, -0.2) is 17.6 Å². The molecule has 1 aromatic carbocycles. The molecule has 0 saturated heterocycles. The van der Waals surface area contributed by atoms with E-state index in [0.29, 0.717) is 5.75 Å². The van der Waals surface area contributed by atoms with Gasteiger partial charge in [-0.1, -0.05) is 13.0 Å². The third-order valence-corrected chi connectivity index (χ3v) is 3.91. The molecule has 0 amide bonds. The second kappa shape index (κ2) is 5.74. The molecular weight excluding hydrogens is 237 g/mol. The smallest absolute Gasteiger partial charge is 0.127 e. The Morgan fingerprint density at radius 3 is 3.12 bits per heavy atom. The van der Waals surface area contributed by atoms with Crippen molar-refractivity contribution in [3.05, 3.63) is 29.6 Å². The van der Waals surface area contributed by atoms with Crippen LogP contribution in [0, 0.1) is 5.82 Å². The lowest BCUT2D eigenvalue weighted by atomic mass is 9.96. The Bertz CT molecular complexity index is 386. The van der Waals surface area contributed by atoms with E-state index in [1.165, 1.54) is 12.1 Å². The predicted octanol–water partition coefficient (Wildman–Crippen LogP) is 3.12. The van der Waals surface area contributed by atoms with E-state index in [1.807, 2.05) is 11.8 Å². The van der Waals surface area contributed by atoms with Gasteiger partial charge in [-0.25, -0.2) is 4.39 Å². The van der Waals surface area contributed by atoms with Crippen LogP contribution in [0.25, 0.3) is 0 Å². The highest BCUT2D eigenvalue weighted by molar-refractivity contribution is 7.99. The minimum atomic E-state index is -0.264. The number of nitrogens with two attached hydrogens (primary N) is 1. The zero-order valence-corrected chi connectivity index (χ0v) is 10.8. The molecule has 4 heteroatoms. The first-order valence-electron chi connectivity index (χ1n) is 6.00. The van der Waals surface area contributed by atoms with E-state index in [9.17, 15) is 4.39 Å². The average Bonchev–Trinajstić information content (AvgIpc) is 2.28. The first-order chi connectivity index (χ1) is 8.20. The second-order valence-corrected chi connectivity index (χ2v) is 5.64. The highest BCUT2D eigenvalue weighted by Crippen LogP contribution is 2.34. The number of ether oxygens (including phenoxy) is 1. The Balaban J connectivity index is 2.04. The fourth-order valence-corrected chi connectivity index (χ4v) is 2.81. The first kappa shape index (κ1) is 12.7. The van der Waals surface area contributed by atoms with Crippen LogP contribution in [0.3, 0.4) is 0 Å². The minimum absolute atomic E-state index is 0.0315. The largest absolute Gasteiger partial charge is 0.490 e. The van der Waals surface area contributed by atoms with Gasteiger partial charge in [-0.2, -0.15) is 11.8 Å². The van der Waals surface area contributed by atoms with Gasteiger partial charge in [0.05, 0.1) is 0 Å². The molecule has 0 fully saturated rings. The molecule has 1 heterocycles. The lowest BCUT2D eigenvalue weighted by molar-refractivity contribution is 0.155. The molecule has 2 N–H and O–H groups in total. The van der Waals surface area contributed by atoms with Gasteiger partial charge in [0.15, 0.2) is 0 Å². The summed E-state index contributed by atoms with van der Waals surface area (Å²) in [7, 11) is 0. The monoisotopic (exact) mass is 255 g/mol. The summed E-state index contributed by atoms with van der Waals surface area (Å²) in [5.74, 6) is 2.54. The fourth-order valence-electron chi connectivity index (χ4n) is 2.09. The SMILES string of the molecule is CCSCCC1CC(N)c2ccc(F)cc2O1. The van der Waals surface area contributed by atoms with Crippen LogP contribution in [0.4, 0.5) is 4.39 Å². The minimum Gasteiger partial charge on any atom is -0.490 e. The lowest BCUT2D eigenvalue weighted by Gasteiger charge is -2.30. The van der Waals surface area contributed by atoms with E-state index in [0.717, 1.165) is 29.9 Å². The van der Waals surface area contributed by atoms with Gasteiger partial charge in [-0.3, -0.25) is 0 Å². The average molecular weight is 255 g/mol. The van der Waals surface area contributed by atoms with Crippen LogP contribution in [0.5, 0.6) is 5.75 Å². The van der Waals surface area contributed by atoms with Gasteiger partial charge < -0.3 is 10.5 Å². The molecule has 2 rings (SSSR count). The van der Waals surface area contributed by atoms with Crippen molar-refractivity contribution in [2.24, 2.45) is 5.73 Å². The Labute approximate surface area is 106 Å². The Hall–Kier alpha value is -0.740. The van der Waals surface area contributed by atoms with Crippen molar-refractivity contribution in [3.8, 4) is 5.75 Å². The summed E-state index contributed by atoms with van der Waals surface area (Å²) >= 11 is 1.89. The summed E-state index contributed by atoms with van der Waals surface area (Å²) in [6.07, 6.45) is 1.92. The normalized spacial score (nSPS) is 23.0. The van der Waals surface area contributed by atoms with Crippen LogP contribution >= 0.6 is 11.8 Å². The van der Waals surface area contributed by atoms with E-state index in [4.69, 9.17) is 10.5 Å². The Morgan fingerprint density at radius 1 is 1.53 bits per heavy atom. The van der Waals surface area contributed by atoms with Crippen LogP contribution in [0.2, 0.25) is 0 Å². The standard InChI is InChI=1S/C13H18FNOS/c1-2-17-6-5-10-8-12(15)11-4-3-9(14)7-13(11)16-10/h3-4,7,10,12H,2,5-6,8,15H2,1H3. The van der Waals surface area contributed by atoms with E-state index in [2.05, 4.69) is 6.92 Å². The Kier molecular flexibility index (Phi) is 4.29. The van der Waals surface area contributed by atoms with Gasteiger partial charge in [-0.05, 0) is 24.0 Å². The molecule has 1 aliphatic heterocycles. The molecule has 0 aliphatic carbocycles. The lowest BCUT2D eigenvalue weighted by Crippen LogP contribution is -2.30. The van der Waals surface area contributed by atoms with Crippen LogP contribution in [0.15, 0.2) is 18.2 Å². The summed E-state index contributed by atoms with van der Waals surface area (Å²) in [6.45, 7) is 2.14. The van der Waals surface area contributed by atoms with Crippen LogP contribution in [-0.2, 0) is 0 Å². The number of rotatable bonds is 4. The maximum absolute atomic E-state index is 13.1. The van der Waals surface area contributed by atoms with Gasteiger partial charge in [0.2, 0.25) is 0 Å². The predicted molar refractivity (Wildman–Crippen MR) is 70.0 cm³/mol. The first-order valence-corrected chi connectivity index (χ1v) is 7.15. The van der Waals surface area contributed by atoms with Crippen LogP contribution in [0.1, 0.15) is 31.4 Å². The van der Waals surface area contributed by atoms with Crippen molar-refractivity contribution in [2.45, 2.75) is 31.9 Å². The maximum Gasteiger partial charge on any atom is 0.127 e. The highest BCUT2D eigenvalue weighted by Gasteiger charge is 2.25. The van der Waals surface area contributed by atoms with Gasteiger partial charge in [0.1, 0.15) is 17.7 Å². The second-order valence-electron chi connectivity index (χ2n) is 4.25. The fraction of sp³-hybridized carbons (Fsp3) is 0.538. The van der Waals surface area contributed by atoms with Crippen molar-refractivity contribution >= 4 is 11.8 Å². The van der Waals surface area contributed by atoms with Gasteiger partial charge in [0, 0.05) is 24.1 Å². The molecule has 0 aromatic heterocycles. The molecule has 2 nitrogen and oxygen atoms in total. The molecule has 2 atom stereocenters. The maximum atomic E-state index is 13.1. The van der Waals surface area contributed by atoms with E-state index < -0.39 is 0 Å². The number of thioether (sulfide) groups is 1. The molecule has 94 valence electrons. The molecule has 1 aliphatic rings. The van der Waals surface area contributed by atoms with E-state index in [1.54, 1.807) is 6.07 Å². The zero-order valence-electron chi connectivity index (χ0n) is 9.99. The molecule has 1 aromatic rings. The third-order valence-electron chi connectivity index (χ3n) is 2.97. The number of benzene rings is 1. The van der Waals surface area contributed by atoms with Crippen molar-refractivity contribution in [2.75, 3.05) is 11.5 Å². The molecule has 2 unspecified atom stereocenters.